The molecule has 2 unspecified atom stereocenters. The van der Waals surface area contributed by atoms with E-state index in [2.05, 4.69) is 5.32 Å². The highest BCUT2D eigenvalue weighted by Crippen LogP contribution is 2.16. The van der Waals surface area contributed by atoms with E-state index in [0.717, 1.165) is 13.0 Å². The molecule has 0 aliphatic rings. The Kier molecular flexibility index (Phi) is 6.92. The first-order valence-corrected chi connectivity index (χ1v) is 5.27. The monoisotopic (exact) mass is 227 g/mol. The Bertz CT molecular complexity index is 161. The fourth-order valence-corrected chi connectivity index (χ4v) is 1.28. The first-order valence-electron chi connectivity index (χ1n) is 5.27. The van der Waals surface area contributed by atoms with Crippen LogP contribution in [0.5, 0.6) is 0 Å². The van der Waals surface area contributed by atoms with E-state index < -0.39 is 12.8 Å². The molecule has 0 radical (unpaired) electrons. The molecule has 0 amide bonds. The molecule has 15 heavy (non-hydrogen) atoms. The van der Waals surface area contributed by atoms with Crippen molar-refractivity contribution in [3.05, 3.63) is 0 Å². The second-order valence-corrected chi connectivity index (χ2v) is 3.83. The molecule has 0 rings (SSSR count). The molecule has 0 saturated heterocycles. The van der Waals surface area contributed by atoms with Crippen molar-refractivity contribution < 1.29 is 17.9 Å². The Morgan fingerprint density at radius 3 is 2.33 bits per heavy atom. The first-order chi connectivity index (χ1) is 6.85. The minimum absolute atomic E-state index is 0.188. The third-order valence-corrected chi connectivity index (χ3v) is 1.96. The summed E-state index contributed by atoms with van der Waals surface area (Å²) in [6.45, 7) is 5.38. The fraction of sp³-hybridized carbons (Fsp3) is 1.00. The van der Waals surface area contributed by atoms with Gasteiger partial charge in [-0.3, -0.25) is 0 Å². The molecular weight excluding hydrogens is 207 g/mol. The number of alkyl halides is 3. The molecule has 0 bridgehead atoms. The minimum atomic E-state index is -4.23. The van der Waals surface area contributed by atoms with Gasteiger partial charge in [-0.1, -0.05) is 6.92 Å². The number of hydrogen-bond donors (Lipinski definition) is 1. The summed E-state index contributed by atoms with van der Waals surface area (Å²) in [5.74, 6) is 0. The van der Waals surface area contributed by atoms with Gasteiger partial charge in [0.25, 0.3) is 0 Å². The number of nitrogens with one attached hydrogen (secondary N) is 1. The second kappa shape index (κ2) is 7.06. The highest BCUT2D eigenvalue weighted by atomic mass is 19.4. The molecule has 0 aromatic carbocycles. The van der Waals surface area contributed by atoms with Gasteiger partial charge >= 0.3 is 6.18 Å². The van der Waals surface area contributed by atoms with Gasteiger partial charge in [0.1, 0.15) is 6.61 Å². The van der Waals surface area contributed by atoms with Crippen LogP contribution in [0.3, 0.4) is 0 Å². The van der Waals surface area contributed by atoms with Gasteiger partial charge in [0.05, 0.1) is 6.10 Å². The maximum atomic E-state index is 11.8. The molecule has 5 heteroatoms. The average molecular weight is 227 g/mol. The van der Waals surface area contributed by atoms with Gasteiger partial charge in [0.15, 0.2) is 0 Å². The van der Waals surface area contributed by atoms with E-state index in [1.165, 1.54) is 0 Å². The quantitative estimate of drug-likeness (QED) is 0.722. The van der Waals surface area contributed by atoms with Crippen LogP contribution in [-0.4, -0.2) is 31.5 Å². The van der Waals surface area contributed by atoms with Gasteiger partial charge in [-0.05, 0) is 33.2 Å². The Morgan fingerprint density at radius 2 is 1.87 bits per heavy atom. The Morgan fingerprint density at radius 1 is 1.27 bits per heavy atom. The van der Waals surface area contributed by atoms with Crippen molar-refractivity contribution >= 4 is 0 Å². The zero-order valence-corrected chi connectivity index (χ0v) is 9.53. The van der Waals surface area contributed by atoms with Crippen LogP contribution in [0.15, 0.2) is 0 Å². The predicted molar refractivity (Wildman–Crippen MR) is 53.8 cm³/mol. The van der Waals surface area contributed by atoms with Crippen LogP contribution >= 0.6 is 0 Å². The lowest BCUT2D eigenvalue weighted by Gasteiger charge is -2.19. The van der Waals surface area contributed by atoms with Crippen LogP contribution in [0.2, 0.25) is 0 Å². The van der Waals surface area contributed by atoms with Gasteiger partial charge in [-0.25, -0.2) is 0 Å². The maximum absolute atomic E-state index is 11.8. The van der Waals surface area contributed by atoms with E-state index in [4.69, 9.17) is 4.74 Å². The third-order valence-electron chi connectivity index (χ3n) is 1.96. The Hall–Kier alpha value is -0.290. The average Bonchev–Trinajstić information content (AvgIpc) is 2.10. The van der Waals surface area contributed by atoms with Crippen molar-refractivity contribution in [2.45, 2.75) is 51.9 Å². The summed E-state index contributed by atoms with van der Waals surface area (Å²) in [6.07, 6.45) is -2.99. The van der Waals surface area contributed by atoms with Crippen molar-refractivity contribution in [1.82, 2.24) is 5.32 Å². The van der Waals surface area contributed by atoms with Crippen LogP contribution in [0.25, 0.3) is 0 Å². The lowest BCUT2D eigenvalue weighted by Crippen LogP contribution is -2.32. The highest BCUT2D eigenvalue weighted by molar-refractivity contribution is 4.65. The molecule has 0 spiro atoms. The molecule has 0 heterocycles. The van der Waals surface area contributed by atoms with Crippen molar-refractivity contribution in [2.24, 2.45) is 0 Å². The number of hydrogen-bond acceptors (Lipinski definition) is 2. The number of rotatable bonds is 7. The summed E-state index contributed by atoms with van der Waals surface area (Å²) in [4.78, 5) is 0. The van der Waals surface area contributed by atoms with Crippen LogP contribution in [0.4, 0.5) is 13.2 Å². The number of halogens is 3. The lowest BCUT2D eigenvalue weighted by atomic mass is 10.1. The van der Waals surface area contributed by atoms with E-state index >= 15 is 0 Å². The smallest absolute Gasteiger partial charge is 0.369 e. The SMILES string of the molecule is CCCNC(C)CC(C)OCC(F)(F)F. The van der Waals surface area contributed by atoms with Crippen LogP contribution in [0.1, 0.15) is 33.6 Å². The van der Waals surface area contributed by atoms with Gasteiger partial charge in [0.2, 0.25) is 0 Å². The van der Waals surface area contributed by atoms with Crippen LogP contribution < -0.4 is 5.32 Å². The first kappa shape index (κ1) is 14.7. The summed E-state index contributed by atoms with van der Waals surface area (Å²) >= 11 is 0. The van der Waals surface area contributed by atoms with Gasteiger partial charge < -0.3 is 10.1 Å². The molecule has 0 aromatic rings. The molecule has 92 valence electrons. The summed E-state index contributed by atoms with van der Waals surface area (Å²) in [7, 11) is 0. The van der Waals surface area contributed by atoms with E-state index in [-0.39, 0.29) is 12.1 Å². The van der Waals surface area contributed by atoms with E-state index in [0.29, 0.717) is 6.42 Å². The predicted octanol–water partition coefficient (Wildman–Crippen LogP) is 2.73. The standard InChI is InChI=1S/C10H20F3NO/c1-4-5-14-8(2)6-9(3)15-7-10(11,12)13/h8-9,14H,4-7H2,1-3H3. The third kappa shape index (κ3) is 10.0. The zero-order chi connectivity index (χ0) is 11.9. The molecule has 0 fully saturated rings. The summed E-state index contributed by atoms with van der Waals surface area (Å²) in [5, 5.41) is 3.20. The lowest BCUT2D eigenvalue weighted by molar-refractivity contribution is -0.184. The minimum Gasteiger partial charge on any atom is -0.369 e. The van der Waals surface area contributed by atoms with E-state index in [9.17, 15) is 13.2 Å². The van der Waals surface area contributed by atoms with Crippen molar-refractivity contribution in [3.8, 4) is 0 Å². The molecule has 0 aromatic heterocycles. The highest BCUT2D eigenvalue weighted by Gasteiger charge is 2.28. The normalized spacial score (nSPS) is 16.4. The molecule has 2 atom stereocenters. The topological polar surface area (TPSA) is 21.3 Å². The molecule has 2 nitrogen and oxygen atoms in total. The number of ether oxygens (including phenoxy) is 1. The largest absolute Gasteiger partial charge is 0.411 e. The molecule has 0 aliphatic heterocycles. The fourth-order valence-electron chi connectivity index (χ4n) is 1.28. The van der Waals surface area contributed by atoms with E-state index in [1.807, 2.05) is 13.8 Å². The molecule has 0 aliphatic carbocycles. The van der Waals surface area contributed by atoms with Crippen LogP contribution in [-0.2, 0) is 4.74 Å². The Labute approximate surface area is 89.2 Å². The summed E-state index contributed by atoms with van der Waals surface area (Å²) in [5.41, 5.74) is 0. The molecular formula is C10H20F3NO. The van der Waals surface area contributed by atoms with Gasteiger partial charge in [-0.2, -0.15) is 13.2 Å². The van der Waals surface area contributed by atoms with Gasteiger partial charge in [0, 0.05) is 6.04 Å². The summed E-state index contributed by atoms with van der Waals surface area (Å²) in [6, 6.07) is 0.188. The van der Waals surface area contributed by atoms with Crippen molar-refractivity contribution in [2.75, 3.05) is 13.2 Å². The summed E-state index contributed by atoms with van der Waals surface area (Å²) < 4.78 is 40.1. The van der Waals surface area contributed by atoms with Crippen molar-refractivity contribution in [1.29, 1.82) is 0 Å². The zero-order valence-electron chi connectivity index (χ0n) is 9.53. The van der Waals surface area contributed by atoms with E-state index in [1.54, 1.807) is 6.92 Å². The van der Waals surface area contributed by atoms with Crippen LogP contribution in [0, 0.1) is 0 Å². The maximum Gasteiger partial charge on any atom is 0.411 e. The second-order valence-electron chi connectivity index (χ2n) is 3.83. The van der Waals surface area contributed by atoms with Crippen molar-refractivity contribution in [3.63, 3.8) is 0 Å². The molecule has 0 saturated carbocycles. The molecule has 1 N–H and O–H groups in total. The van der Waals surface area contributed by atoms with Gasteiger partial charge in [-0.15, -0.1) is 0 Å². The Balaban J connectivity index is 3.59.